The van der Waals surface area contributed by atoms with Crippen molar-refractivity contribution < 1.29 is 9.28 Å². The van der Waals surface area contributed by atoms with Gasteiger partial charge in [-0.2, -0.15) is 4.48 Å². The van der Waals surface area contributed by atoms with Crippen LogP contribution >= 0.6 is 0 Å². The van der Waals surface area contributed by atoms with Gasteiger partial charge < -0.3 is 0 Å². The number of carbonyl (C=O) groups is 1. The molecule has 3 heteroatoms. The van der Waals surface area contributed by atoms with Crippen LogP contribution in [0.1, 0.15) is 278 Å². The molecule has 0 N–H and O–H groups in total. The Morgan fingerprint density at radius 1 is 0.412 bits per heavy atom. The smallest absolute Gasteiger partial charge is 0.230 e. The Bertz CT molecular complexity index is 803. The van der Waals surface area contributed by atoms with Crippen molar-refractivity contribution in [2.24, 2.45) is 4.99 Å². The lowest BCUT2D eigenvalue weighted by molar-refractivity contribution is -0.708. The van der Waals surface area contributed by atoms with E-state index in [9.17, 15) is 4.79 Å². The van der Waals surface area contributed by atoms with E-state index < -0.39 is 0 Å². The van der Waals surface area contributed by atoms with Crippen molar-refractivity contribution in [3.05, 3.63) is 12.4 Å². The molecule has 0 spiro atoms. The molecule has 1 rings (SSSR count). The van der Waals surface area contributed by atoms with Crippen LogP contribution in [0.15, 0.2) is 17.4 Å². The molecule has 1 atom stereocenters. The second-order valence-electron chi connectivity index (χ2n) is 16.7. The molecule has 0 aromatic rings. The van der Waals surface area contributed by atoms with Crippen molar-refractivity contribution in [1.82, 2.24) is 0 Å². The number of nitrogens with zero attached hydrogens (tertiary/aromatic N) is 2. The molecule has 1 aliphatic rings. The summed E-state index contributed by atoms with van der Waals surface area (Å²) >= 11 is 0. The highest BCUT2D eigenvalue weighted by Gasteiger charge is 2.41. The molecule has 3 nitrogen and oxygen atoms in total. The Kier molecular flexibility index (Phi) is 35.2. The Morgan fingerprint density at radius 2 is 0.706 bits per heavy atom. The van der Waals surface area contributed by atoms with E-state index in [0.717, 1.165) is 38.1 Å². The second-order valence-corrected chi connectivity index (χ2v) is 16.7. The van der Waals surface area contributed by atoms with Gasteiger partial charge in [-0.3, -0.25) is 0 Å². The molecule has 1 heterocycles. The molecule has 300 valence electrons. The number of carbonyl (C=O) groups excluding carboxylic acids is 1. The summed E-state index contributed by atoms with van der Waals surface area (Å²) in [6, 6.07) is 0. The Labute approximate surface area is 321 Å². The molecule has 0 saturated carbocycles. The molecule has 1 unspecified atom stereocenters. The van der Waals surface area contributed by atoms with Crippen LogP contribution in [0.25, 0.3) is 0 Å². The molecule has 51 heavy (non-hydrogen) atoms. The highest BCUT2D eigenvalue weighted by atomic mass is 16.2. The van der Waals surface area contributed by atoms with Crippen LogP contribution in [0.2, 0.25) is 0 Å². The van der Waals surface area contributed by atoms with Crippen LogP contribution in [0.4, 0.5) is 0 Å². The molecule has 0 fully saturated rings. The van der Waals surface area contributed by atoms with E-state index in [-0.39, 0.29) is 0 Å². The maximum Gasteiger partial charge on any atom is 0.324 e. The first kappa shape index (κ1) is 48.1. The number of unbranched alkanes of at least 4 members (excludes halogenated alkanes) is 35. The van der Waals surface area contributed by atoms with E-state index in [1.165, 1.54) is 231 Å². The number of hydrogen-bond donors (Lipinski definition) is 0. The Hall–Kier alpha value is -0.960. The molecule has 0 aromatic carbocycles. The number of quaternary nitrogens is 1. The van der Waals surface area contributed by atoms with Gasteiger partial charge in [-0.25, -0.2) is 9.79 Å². The molecule has 1 amide bonds. The van der Waals surface area contributed by atoms with E-state index in [0.29, 0.717) is 10.4 Å². The fourth-order valence-corrected chi connectivity index (χ4v) is 8.24. The maximum absolute atomic E-state index is 14.0. The van der Waals surface area contributed by atoms with Crippen LogP contribution in [-0.2, 0) is 4.79 Å². The topological polar surface area (TPSA) is 29.4 Å². The van der Waals surface area contributed by atoms with Gasteiger partial charge in [0.2, 0.25) is 5.84 Å². The lowest BCUT2D eigenvalue weighted by atomic mass is 10.0. The van der Waals surface area contributed by atoms with E-state index in [4.69, 9.17) is 4.99 Å². The minimum absolute atomic E-state index is 0.420. The fraction of sp³-hybridized carbons (Fsp3) is 0.917. The standard InChI is InChI=1S/C48H93N2O/c1-4-7-10-13-16-19-22-25-26-29-32-35-38-41-45-50(48(51)43-40-37-34-31-28-24-21-18-15-12-9-6-3)46-44-49-47(50)42-39-36-33-30-27-23-20-17-14-11-8-5-2/h44,46H,4-43,45H2,1-3H3/q+1. The summed E-state index contributed by atoms with van der Waals surface area (Å²) in [6.45, 7) is 7.83. The van der Waals surface area contributed by atoms with Crippen LogP contribution < -0.4 is 0 Å². The summed E-state index contributed by atoms with van der Waals surface area (Å²) in [6.07, 6.45) is 57.6. The zero-order valence-electron chi connectivity index (χ0n) is 35.4. The summed E-state index contributed by atoms with van der Waals surface area (Å²) < 4.78 is 0.453. The Balaban J connectivity index is 2.37. The molecular formula is C48H93N2O+. The highest BCUT2D eigenvalue weighted by molar-refractivity contribution is 5.90. The third kappa shape index (κ3) is 27.3. The number of aliphatic imine (C=N–C) groups is 1. The van der Waals surface area contributed by atoms with Crippen LogP contribution in [0.3, 0.4) is 0 Å². The van der Waals surface area contributed by atoms with Gasteiger partial charge in [-0.15, -0.1) is 0 Å². The third-order valence-corrected chi connectivity index (χ3v) is 11.8. The van der Waals surface area contributed by atoms with Crippen molar-refractivity contribution in [2.75, 3.05) is 6.54 Å². The lowest BCUT2D eigenvalue weighted by Crippen LogP contribution is -2.52. The number of rotatable bonds is 41. The first-order chi connectivity index (χ1) is 25.2. The predicted molar refractivity (Wildman–Crippen MR) is 228 cm³/mol. The van der Waals surface area contributed by atoms with Gasteiger partial charge in [0.05, 0.1) is 19.2 Å². The minimum Gasteiger partial charge on any atom is -0.230 e. The molecule has 0 saturated heterocycles. The SMILES string of the molecule is CCCCCCCCCCCCCCCC[N+]1(C(=O)CCCCCCCCCCCCCC)C=CN=C1CCCCCCCCCCCCCC. The molecule has 0 aliphatic carbocycles. The average Bonchev–Trinajstić information content (AvgIpc) is 3.56. The van der Waals surface area contributed by atoms with E-state index in [2.05, 4.69) is 27.0 Å². The van der Waals surface area contributed by atoms with Gasteiger partial charge in [-0.1, -0.05) is 239 Å². The second kappa shape index (κ2) is 37.4. The monoisotopic (exact) mass is 714 g/mol. The zero-order valence-corrected chi connectivity index (χ0v) is 35.4. The largest absolute Gasteiger partial charge is 0.324 e. The summed E-state index contributed by atoms with van der Waals surface area (Å²) in [5.41, 5.74) is 0. The molecule has 0 bridgehead atoms. The fourth-order valence-electron chi connectivity index (χ4n) is 8.24. The van der Waals surface area contributed by atoms with Crippen LogP contribution in [-0.4, -0.2) is 22.8 Å². The van der Waals surface area contributed by atoms with Gasteiger partial charge in [0.25, 0.3) is 0 Å². The molecule has 0 aromatic heterocycles. The summed E-state index contributed by atoms with van der Waals surface area (Å²) in [5.74, 6) is 1.57. The summed E-state index contributed by atoms with van der Waals surface area (Å²) in [4.78, 5) is 18.9. The minimum atomic E-state index is 0.420. The van der Waals surface area contributed by atoms with Gasteiger partial charge in [0, 0.05) is 6.42 Å². The average molecular weight is 714 g/mol. The number of amides is 1. The molecule has 0 radical (unpaired) electrons. The van der Waals surface area contributed by atoms with Gasteiger partial charge >= 0.3 is 5.91 Å². The van der Waals surface area contributed by atoms with Crippen LogP contribution in [0.5, 0.6) is 0 Å². The van der Waals surface area contributed by atoms with Crippen LogP contribution in [0, 0.1) is 0 Å². The normalized spacial score (nSPS) is 15.6. The van der Waals surface area contributed by atoms with Crippen molar-refractivity contribution in [1.29, 1.82) is 0 Å². The third-order valence-electron chi connectivity index (χ3n) is 11.8. The Morgan fingerprint density at radius 3 is 1.06 bits per heavy atom. The first-order valence-electron chi connectivity index (χ1n) is 23.9. The molecule has 1 aliphatic heterocycles. The quantitative estimate of drug-likeness (QED) is 0.0458. The molecular weight excluding hydrogens is 621 g/mol. The van der Waals surface area contributed by atoms with Gasteiger partial charge in [0.15, 0.2) is 0 Å². The van der Waals surface area contributed by atoms with E-state index in [1.807, 2.05) is 6.20 Å². The van der Waals surface area contributed by atoms with E-state index >= 15 is 0 Å². The van der Waals surface area contributed by atoms with Crippen molar-refractivity contribution in [3.8, 4) is 0 Å². The van der Waals surface area contributed by atoms with Crippen molar-refractivity contribution in [3.63, 3.8) is 0 Å². The summed E-state index contributed by atoms with van der Waals surface area (Å²) in [7, 11) is 0. The van der Waals surface area contributed by atoms with Crippen molar-refractivity contribution in [2.45, 2.75) is 278 Å². The lowest BCUT2D eigenvalue weighted by Gasteiger charge is -2.30. The summed E-state index contributed by atoms with van der Waals surface area (Å²) in [5, 5.41) is 0. The number of hydrogen-bond acceptors (Lipinski definition) is 2. The highest BCUT2D eigenvalue weighted by Crippen LogP contribution is 2.27. The van der Waals surface area contributed by atoms with E-state index in [1.54, 1.807) is 0 Å². The maximum atomic E-state index is 14.0. The first-order valence-corrected chi connectivity index (χ1v) is 23.9. The zero-order chi connectivity index (χ0) is 36.8. The van der Waals surface area contributed by atoms with Gasteiger partial charge in [0.1, 0.15) is 6.20 Å². The van der Waals surface area contributed by atoms with Crippen molar-refractivity contribution >= 4 is 11.7 Å². The van der Waals surface area contributed by atoms with Gasteiger partial charge in [-0.05, 0) is 25.7 Å². The predicted octanol–water partition coefficient (Wildman–Crippen LogP) is 16.9. The number of amidine groups is 1.